The minimum absolute atomic E-state index is 0.0239. The molecule has 0 radical (unpaired) electrons. The van der Waals surface area contributed by atoms with E-state index in [0.717, 1.165) is 10.8 Å². The van der Waals surface area contributed by atoms with E-state index in [0.29, 0.717) is 12.1 Å². The van der Waals surface area contributed by atoms with Gasteiger partial charge in [-0.2, -0.15) is 4.57 Å². The third-order valence-corrected chi connectivity index (χ3v) is 3.37. The van der Waals surface area contributed by atoms with Crippen LogP contribution in [0.5, 0.6) is 5.75 Å². The van der Waals surface area contributed by atoms with Gasteiger partial charge in [-0.3, -0.25) is 10.1 Å². The number of phenolic OH excluding ortho intramolecular Hbond substituents is 1. The predicted octanol–water partition coefficient (Wildman–Crippen LogP) is 2.79. The number of aromatic nitrogens is 1. The van der Waals surface area contributed by atoms with E-state index in [1.165, 1.54) is 18.2 Å². The Morgan fingerprint density at radius 3 is 2.62 bits per heavy atom. The average molecular weight is 281 g/mol. The Labute approximate surface area is 120 Å². The Hall–Kier alpha value is -2.95. The number of aromatic hydroxyl groups is 1. The Balaban J connectivity index is 1.98. The summed E-state index contributed by atoms with van der Waals surface area (Å²) in [6, 6.07) is 14.0. The molecule has 0 bridgehead atoms. The Bertz CT molecular complexity index is 831. The van der Waals surface area contributed by atoms with Gasteiger partial charge in [-0.15, -0.1) is 0 Å². The molecule has 0 unspecified atom stereocenters. The maximum absolute atomic E-state index is 10.8. The van der Waals surface area contributed by atoms with Gasteiger partial charge in [-0.25, -0.2) is 0 Å². The van der Waals surface area contributed by atoms with Crippen molar-refractivity contribution in [2.45, 2.75) is 6.54 Å². The minimum atomic E-state index is -0.464. The summed E-state index contributed by atoms with van der Waals surface area (Å²) in [7, 11) is 0. The molecule has 1 aromatic heterocycles. The zero-order valence-electron chi connectivity index (χ0n) is 11.1. The predicted molar refractivity (Wildman–Crippen MR) is 78.0 cm³/mol. The van der Waals surface area contributed by atoms with E-state index in [4.69, 9.17) is 0 Å². The van der Waals surface area contributed by atoms with Crippen LogP contribution in [0.25, 0.3) is 10.8 Å². The average Bonchev–Trinajstić information content (AvgIpc) is 2.49. The molecule has 0 fully saturated rings. The van der Waals surface area contributed by atoms with Crippen LogP contribution in [0.2, 0.25) is 0 Å². The fraction of sp³-hybridized carbons (Fsp3) is 0.0625. The van der Waals surface area contributed by atoms with Crippen LogP contribution in [-0.4, -0.2) is 10.0 Å². The largest absolute Gasteiger partial charge is 0.507 e. The number of non-ortho nitro benzene ring substituents is 1. The highest BCUT2D eigenvalue weighted by molar-refractivity contribution is 5.80. The van der Waals surface area contributed by atoms with Crippen molar-refractivity contribution < 1.29 is 14.6 Å². The van der Waals surface area contributed by atoms with Crippen LogP contribution in [0.15, 0.2) is 60.9 Å². The molecular weight excluding hydrogens is 268 g/mol. The third-order valence-electron chi connectivity index (χ3n) is 3.37. The molecule has 0 aliphatic rings. The first-order chi connectivity index (χ1) is 10.1. The summed E-state index contributed by atoms with van der Waals surface area (Å²) in [5.41, 5.74) is 0.494. The summed E-state index contributed by atoms with van der Waals surface area (Å²) >= 11 is 0. The van der Waals surface area contributed by atoms with E-state index in [1.807, 2.05) is 47.3 Å². The summed E-state index contributed by atoms with van der Waals surface area (Å²) in [5.74, 6) is 0.0567. The second-order valence-electron chi connectivity index (χ2n) is 4.82. The molecule has 21 heavy (non-hydrogen) atoms. The normalized spacial score (nSPS) is 10.7. The Morgan fingerprint density at radius 1 is 1.10 bits per heavy atom. The van der Waals surface area contributed by atoms with Gasteiger partial charge >= 0.3 is 0 Å². The van der Waals surface area contributed by atoms with Crippen LogP contribution in [0.3, 0.4) is 0 Å². The molecule has 2 aromatic carbocycles. The van der Waals surface area contributed by atoms with E-state index < -0.39 is 4.92 Å². The van der Waals surface area contributed by atoms with Gasteiger partial charge in [0.1, 0.15) is 5.75 Å². The van der Waals surface area contributed by atoms with Gasteiger partial charge in [0.05, 0.1) is 10.5 Å². The maximum Gasteiger partial charge on any atom is 0.270 e. The summed E-state index contributed by atoms with van der Waals surface area (Å²) in [5, 5.41) is 22.9. The zero-order chi connectivity index (χ0) is 14.8. The second kappa shape index (κ2) is 5.20. The summed E-state index contributed by atoms with van der Waals surface area (Å²) < 4.78 is 1.89. The van der Waals surface area contributed by atoms with E-state index in [9.17, 15) is 15.2 Å². The molecule has 0 atom stereocenters. The van der Waals surface area contributed by atoms with Crippen molar-refractivity contribution in [2.24, 2.45) is 0 Å². The number of nitro groups is 1. The lowest BCUT2D eigenvalue weighted by atomic mass is 10.1. The van der Waals surface area contributed by atoms with Crippen molar-refractivity contribution in [1.29, 1.82) is 0 Å². The van der Waals surface area contributed by atoms with Crippen molar-refractivity contribution >= 4 is 16.5 Å². The molecule has 1 heterocycles. The summed E-state index contributed by atoms with van der Waals surface area (Å²) in [6.07, 6.45) is 3.84. The smallest absolute Gasteiger partial charge is 0.270 e. The quantitative estimate of drug-likeness (QED) is 0.456. The van der Waals surface area contributed by atoms with Gasteiger partial charge in [-0.05, 0) is 17.5 Å². The van der Waals surface area contributed by atoms with E-state index in [1.54, 1.807) is 0 Å². The SMILES string of the molecule is O=[N+]([O-])c1ccc(O)c(C[n+]2ccc3ccccc3c2)c1. The molecule has 1 N–H and O–H groups in total. The van der Waals surface area contributed by atoms with E-state index >= 15 is 0 Å². The van der Waals surface area contributed by atoms with Gasteiger partial charge in [0.2, 0.25) is 0 Å². The van der Waals surface area contributed by atoms with Gasteiger partial charge < -0.3 is 5.11 Å². The summed E-state index contributed by atoms with van der Waals surface area (Å²) in [4.78, 5) is 10.3. The molecule has 0 spiro atoms. The van der Waals surface area contributed by atoms with Gasteiger partial charge in [0, 0.05) is 23.6 Å². The molecule has 0 aliphatic heterocycles. The van der Waals surface area contributed by atoms with Crippen molar-refractivity contribution in [3.05, 3.63) is 76.6 Å². The zero-order valence-corrected chi connectivity index (χ0v) is 11.1. The molecule has 0 saturated carbocycles. The van der Waals surface area contributed by atoms with Crippen molar-refractivity contribution in [2.75, 3.05) is 0 Å². The highest BCUT2D eigenvalue weighted by Crippen LogP contribution is 2.22. The number of nitro benzene ring substituents is 1. The van der Waals surface area contributed by atoms with Gasteiger partial charge in [-0.1, -0.05) is 18.2 Å². The number of hydrogen-bond donors (Lipinski definition) is 1. The molecule has 3 aromatic rings. The first-order valence-corrected chi connectivity index (χ1v) is 6.47. The summed E-state index contributed by atoms with van der Waals surface area (Å²) in [6.45, 7) is 0.373. The molecule has 0 saturated heterocycles. The van der Waals surface area contributed by atoms with Gasteiger partial charge in [0.25, 0.3) is 5.69 Å². The lowest BCUT2D eigenvalue weighted by Crippen LogP contribution is -2.33. The van der Waals surface area contributed by atoms with Crippen molar-refractivity contribution in [1.82, 2.24) is 0 Å². The number of hydrogen-bond acceptors (Lipinski definition) is 3. The first-order valence-electron chi connectivity index (χ1n) is 6.47. The highest BCUT2D eigenvalue weighted by Gasteiger charge is 2.14. The third kappa shape index (κ3) is 2.67. The number of fused-ring (bicyclic) bond motifs is 1. The standard InChI is InChI=1S/C16H12N2O3/c19-16-6-5-15(18(20)21)9-14(16)11-17-8-7-12-3-1-2-4-13(12)10-17/h1-10H,11H2/p+1. The van der Waals surface area contributed by atoms with E-state index in [2.05, 4.69) is 0 Å². The van der Waals surface area contributed by atoms with Gasteiger partial charge in [0.15, 0.2) is 18.9 Å². The van der Waals surface area contributed by atoms with Crippen LogP contribution < -0.4 is 4.57 Å². The molecule has 0 amide bonds. The second-order valence-corrected chi connectivity index (χ2v) is 4.82. The monoisotopic (exact) mass is 281 g/mol. The minimum Gasteiger partial charge on any atom is -0.507 e. The fourth-order valence-corrected chi connectivity index (χ4v) is 2.29. The molecule has 0 aliphatic carbocycles. The van der Waals surface area contributed by atoms with Crippen LogP contribution in [0, 0.1) is 10.1 Å². The Morgan fingerprint density at radius 2 is 1.86 bits per heavy atom. The lowest BCUT2D eigenvalue weighted by Gasteiger charge is -2.02. The van der Waals surface area contributed by atoms with Crippen molar-refractivity contribution in [3.8, 4) is 5.75 Å². The number of benzene rings is 2. The topological polar surface area (TPSA) is 67.2 Å². The van der Waals surface area contributed by atoms with Crippen LogP contribution in [-0.2, 0) is 6.54 Å². The molecular formula is C16H13N2O3+. The number of phenols is 1. The van der Waals surface area contributed by atoms with Crippen molar-refractivity contribution in [3.63, 3.8) is 0 Å². The number of nitrogens with zero attached hydrogens (tertiary/aromatic N) is 2. The van der Waals surface area contributed by atoms with Crippen LogP contribution in [0.4, 0.5) is 5.69 Å². The highest BCUT2D eigenvalue weighted by atomic mass is 16.6. The van der Waals surface area contributed by atoms with E-state index in [-0.39, 0.29) is 11.4 Å². The fourth-order valence-electron chi connectivity index (χ4n) is 2.29. The maximum atomic E-state index is 10.8. The molecule has 5 heteroatoms. The molecule has 3 rings (SSSR count). The Kier molecular flexibility index (Phi) is 3.23. The molecule has 5 nitrogen and oxygen atoms in total. The van der Waals surface area contributed by atoms with Crippen LogP contribution >= 0.6 is 0 Å². The lowest BCUT2D eigenvalue weighted by molar-refractivity contribution is -0.687. The number of pyridine rings is 1. The van der Waals surface area contributed by atoms with Crippen LogP contribution in [0.1, 0.15) is 5.56 Å². The molecule has 104 valence electrons. The number of rotatable bonds is 3. The first kappa shape index (κ1) is 13.1.